The molecule has 5 heteroatoms. The molecule has 1 rings (SSSR count). The van der Waals surface area contributed by atoms with Crippen molar-refractivity contribution in [2.75, 3.05) is 39.9 Å². The monoisotopic (exact) mass is 264 g/mol. The minimum Gasteiger partial charge on any atom is -0.383 e. The lowest BCUT2D eigenvalue weighted by Crippen LogP contribution is -2.46. The Bertz CT molecular complexity index is 217. The van der Waals surface area contributed by atoms with Crippen molar-refractivity contribution in [3.63, 3.8) is 0 Å². The number of nitrogens with one attached hydrogen (secondary N) is 1. The van der Waals surface area contributed by atoms with Gasteiger partial charge in [-0.3, -0.25) is 4.79 Å². The van der Waals surface area contributed by atoms with Crippen LogP contribution in [0.25, 0.3) is 0 Å². The molecule has 0 aromatic heterocycles. The number of carbonyl (C=O) groups is 1. The summed E-state index contributed by atoms with van der Waals surface area (Å²) in [5.74, 6) is 1.48. The third-order valence-corrected chi connectivity index (χ3v) is 2.98. The van der Waals surface area contributed by atoms with E-state index in [1.54, 1.807) is 7.11 Å². The third kappa shape index (κ3) is 6.24. The van der Waals surface area contributed by atoms with Gasteiger partial charge in [-0.25, -0.2) is 0 Å². The summed E-state index contributed by atoms with van der Waals surface area (Å²) in [4.78, 5) is 13.9. The minimum atomic E-state index is 0. The number of carbonyl (C=O) groups excluding carboxylic acids is 1. The maximum absolute atomic E-state index is 11.9. The van der Waals surface area contributed by atoms with Crippen LogP contribution in [-0.2, 0) is 9.53 Å². The molecule has 1 aliphatic heterocycles. The summed E-state index contributed by atoms with van der Waals surface area (Å²) in [6, 6.07) is 0. The highest BCUT2D eigenvalue weighted by atomic mass is 35.5. The van der Waals surface area contributed by atoms with Gasteiger partial charge in [0, 0.05) is 26.7 Å². The number of methoxy groups -OCH3 is 1. The van der Waals surface area contributed by atoms with Gasteiger partial charge in [-0.2, -0.15) is 0 Å². The highest BCUT2D eigenvalue weighted by Crippen LogP contribution is 2.20. The standard InChI is InChI=1S/C12H24N2O2.ClH/c1-10-6-11(2)9-14(8-10)12(15)7-13-4-5-16-3;/h10-11,13H,4-9H2,1-3H3;1H. The van der Waals surface area contributed by atoms with Crippen LogP contribution in [0.15, 0.2) is 0 Å². The molecule has 1 heterocycles. The largest absolute Gasteiger partial charge is 0.383 e. The van der Waals surface area contributed by atoms with E-state index in [0.717, 1.165) is 19.6 Å². The zero-order valence-corrected chi connectivity index (χ0v) is 11.9. The second kappa shape index (κ2) is 8.72. The number of rotatable bonds is 5. The van der Waals surface area contributed by atoms with Crippen LogP contribution >= 0.6 is 12.4 Å². The molecule has 0 bridgehead atoms. The normalized spacial score (nSPS) is 24.3. The van der Waals surface area contributed by atoms with Crippen LogP contribution in [0.2, 0.25) is 0 Å². The lowest BCUT2D eigenvalue weighted by atomic mass is 9.92. The SMILES string of the molecule is COCCNCC(=O)N1CC(C)CC(C)C1.Cl. The second-order valence-corrected chi connectivity index (χ2v) is 4.91. The first-order valence-electron chi connectivity index (χ1n) is 6.11. The van der Waals surface area contributed by atoms with E-state index in [1.807, 2.05) is 4.90 Å². The molecule has 2 atom stereocenters. The molecule has 0 saturated carbocycles. The van der Waals surface area contributed by atoms with Gasteiger partial charge in [0.1, 0.15) is 0 Å². The zero-order chi connectivity index (χ0) is 12.0. The summed E-state index contributed by atoms with van der Waals surface area (Å²) in [5.41, 5.74) is 0. The molecule has 1 N–H and O–H groups in total. The van der Waals surface area contributed by atoms with E-state index in [9.17, 15) is 4.79 Å². The first-order valence-corrected chi connectivity index (χ1v) is 6.11. The van der Waals surface area contributed by atoms with Crippen LogP contribution in [-0.4, -0.2) is 50.7 Å². The van der Waals surface area contributed by atoms with E-state index in [-0.39, 0.29) is 18.3 Å². The number of nitrogens with zero attached hydrogens (tertiary/aromatic N) is 1. The zero-order valence-electron chi connectivity index (χ0n) is 11.1. The van der Waals surface area contributed by atoms with Crippen molar-refractivity contribution in [3.05, 3.63) is 0 Å². The fourth-order valence-corrected chi connectivity index (χ4v) is 2.35. The molecule has 102 valence electrons. The molecule has 1 aliphatic rings. The van der Waals surface area contributed by atoms with Gasteiger partial charge in [0.2, 0.25) is 5.91 Å². The highest BCUT2D eigenvalue weighted by molar-refractivity contribution is 5.85. The third-order valence-electron chi connectivity index (χ3n) is 2.98. The van der Waals surface area contributed by atoms with Gasteiger partial charge in [-0.1, -0.05) is 13.8 Å². The summed E-state index contributed by atoms with van der Waals surface area (Å²) in [7, 11) is 1.66. The Labute approximate surface area is 110 Å². The molecule has 1 fully saturated rings. The lowest BCUT2D eigenvalue weighted by molar-refractivity contribution is -0.132. The van der Waals surface area contributed by atoms with Crippen LogP contribution in [0, 0.1) is 11.8 Å². The van der Waals surface area contributed by atoms with E-state index in [2.05, 4.69) is 19.2 Å². The number of ether oxygens (including phenoxy) is 1. The van der Waals surface area contributed by atoms with Gasteiger partial charge in [0.25, 0.3) is 0 Å². The molecule has 0 radical (unpaired) electrons. The number of amides is 1. The molecular weight excluding hydrogens is 240 g/mol. The van der Waals surface area contributed by atoms with Gasteiger partial charge >= 0.3 is 0 Å². The average molecular weight is 265 g/mol. The second-order valence-electron chi connectivity index (χ2n) is 4.91. The van der Waals surface area contributed by atoms with Gasteiger partial charge in [0.05, 0.1) is 13.2 Å². The molecule has 0 aliphatic carbocycles. The fourth-order valence-electron chi connectivity index (χ4n) is 2.35. The van der Waals surface area contributed by atoms with Crippen molar-refractivity contribution in [2.24, 2.45) is 11.8 Å². The predicted octanol–water partition coefficient (Wildman–Crippen LogP) is 1.15. The maximum Gasteiger partial charge on any atom is 0.236 e. The van der Waals surface area contributed by atoms with Crippen molar-refractivity contribution in [1.29, 1.82) is 0 Å². The van der Waals surface area contributed by atoms with Gasteiger partial charge in [-0.05, 0) is 18.3 Å². The van der Waals surface area contributed by atoms with Crippen LogP contribution in [0.3, 0.4) is 0 Å². The maximum atomic E-state index is 11.9. The summed E-state index contributed by atoms with van der Waals surface area (Å²) < 4.78 is 4.92. The predicted molar refractivity (Wildman–Crippen MR) is 71.5 cm³/mol. The minimum absolute atomic E-state index is 0. The van der Waals surface area contributed by atoms with Crippen molar-refractivity contribution in [2.45, 2.75) is 20.3 Å². The van der Waals surface area contributed by atoms with E-state index in [4.69, 9.17) is 4.74 Å². The van der Waals surface area contributed by atoms with Crippen molar-refractivity contribution < 1.29 is 9.53 Å². The van der Waals surface area contributed by atoms with Crippen molar-refractivity contribution in [3.8, 4) is 0 Å². The van der Waals surface area contributed by atoms with Gasteiger partial charge < -0.3 is 15.0 Å². The molecule has 2 unspecified atom stereocenters. The first-order chi connectivity index (χ1) is 7.63. The van der Waals surface area contributed by atoms with E-state index in [1.165, 1.54) is 6.42 Å². The van der Waals surface area contributed by atoms with E-state index in [0.29, 0.717) is 25.0 Å². The Hall–Kier alpha value is -0.320. The molecule has 17 heavy (non-hydrogen) atoms. The highest BCUT2D eigenvalue weighted by Gasteiger charge is 2.24. The smallest absolute Gasteiger partial charge is 0.236 e. The van der Waals surface area contributed by atoms with Crippen molar-refractivity contribution >= 4 is 18.3 Å². The van der Waals surface area contributed by atoms with Gasteiger partial charge in [-0.15, -0.1) is 12.4 Å². The number of likely N-dealkylation sites (tertiary alicyclic amines) is 1. The Morgan fingerprint density at radius 1 is 1.35 bits per heavy atom. The molecule has 0 aromatic rings. The lowest BCUT2D eigenvalue weighted by Gasteiger charge is -2.35. The van der Waals surface area contributed by atoms with E-state index >= 15 is 0 Å². The fraction of sp³-hybridized carbons (Fsp3) is 0.917. The first kappa shape index (κ1) is 16.7. The molecule has 0 aromatic carbocycles. The molecule has 0 spiro atoms. The Morgan fingerprint density at radius 3 is 2.47 bits per heavy atom. The van der Waals surface area contributed by atoms with Crippen LogP contribution < -0.4 is 5.32 Å². The Morgan fingerprint density at radius 2 is 1.94 bits per heavy atom. The summed E-state index contributed by atoms with van der Waals surface area (Å²) in [5, 5.41) is 3.10. The van der Waals surface area contributed by atoms with Crippen LogP contribution in [0.1, 0.15) is 20.3 Å². The quantitative estimate of drug-likeness (QED) is 0.758. The number of halogens is 1. The number of piperidine rings is 1. The average Bonchev–Trinajstić information content (AvgIpc) is 2.22. The summed E-state index contributed by atoms with van der Waals surface area (Å²) in [6.45, 7) is 8.08. The Kier molecular flexibility index (Phi) is 8.56. The van der Waals surface area contributed by atoms with Crippen molar-refractivity contribution in [1.82, 2.24) is 10.2 Å². The van der Waals surface area contributed by atoms with Gasteiger partial charge in [0.15, 0.2) is 0 Å². The van der Waals surface area contributed by atoms with E-state index < -0.39 is 0 Å². The van der Waals surface area contributed by atoms with Crippen LogP contribution in [0.4, 0.5) is 0 Å². The summed E-state index contributed by atoms with van der Waals surface area (Å²) >= 11 is 0. The summed E-state index contributed by atoms with van der Waals surface area (Å²) in [6.07, 6.45) is 1.24. The molecule has 4 nitrogen and oxygen atoms in total. The number of hydrogen-bond acceptors (Lipinski definition) is 3. The topological polar surface area (TPSA) is 41.6 Å². The Balaban J connectivity index is 0.00000256. The molecule has 1 saturated heterocycles. The molecular formula is C12H25ClN2O2. The van der Waals surface area contributed by atoms with Crippen LogP contribution in [0.5, 0.6) is 0 Å². The molecule has 1 amide bonds. The number of hydrogen-bond donors (Lipinski definition) is 1.